The summed E-state index contributed by atoms with van der Waals surface area (Å²) < 4.78 is 0.926. The van der Waals surface area contributed by atoms with Crippen LogP contribution in [0.4, 0.5) is 0 Å². The van der Waals surface area contributed by atoms with Gasteiger partial charge in [0.1, 0.15) is 0 Å². The van der Waals surface area contributed by atoms with Crippen molar-refractivity contribution in [2.45, 2.75) is 13.3 Å². The number of fused-ring (bicyclic) bond motifs is 1. The number of nitrogens with one attached hydrogen (secondary N) is 1. The van der Waals surface area contributed by atoms with Crippen molar-refractivity contribution in [3.8, 4) is 0 Å². The van der Waals surface area contributed by atoms with Crippen LogP contribution in [0, 0.1) is 0 Å². The summed E-state index contributed by atoms with van der Waals surface area (Å²) in [5, 5.41) is 1.71. The molecule has 1 N–H and O–H groups in total. The monoisotopic (exact) mass is 251 g/mol. The Morgan fingerprint density at radius 1 is 1.36 bits per heavy atom. The van der Waals surface area contributed by atoms with E-state index in [1.165, 1.54) is 5.56 Å². The smallest absolute Gasteiger partial charge is 0.255 e. The predicted octanol–water partition coefficient (Wildman–Crippen LogP) is 2.85. The van der Waals surface area contributed by atoms with Crippen LogP contribution < -0.4 is 5.56 Å². The van der Waals surface area contributed by atoms with Crippen LogP contribution in [0.3, 0.4) is 0 Å². The molecule has 1 heterocycles. The van der Waals surface area contributed by atoms with Crippen LogP contribution in [0.1, 0.15) is 12.5 Å². The van der Waals surface area contributed by atoms with Crippen molar-refractivity contribution >= 4 is 26.7 Å². The lowest BCUT2D eigenvalue weighted by Crippen LogP contribution is -2.05. The number of pyridine rings is 1. The molecule has 0 amide bonds. The zero-order valence-corrected chi connectivity index (χ0v) is 9.39. The number of hydrogen-bond donors (Lipinski definition) is 1. The molecule has 0 unspecified atom stereocenters. The molecule has 0 saturated carbocycles. The zero-order valence-electron chi connectivity index (χ0n) is 7.80. The number of hydrogen-bond acceptors (Lipinski definition) is 1. The third-order valence-electron chi connectivity index (χ3n) is 2.32. The quantitative estimate of drug-likeness (QED) is 0.831. The highest BCUT2D eigenvalue weighted by Crippen LogP contribution is 2.21. The summed E-state index contributed by atoms with van der Waals surface area (Å²) in [5.74, 6) is 0. The molecular weight excluding hydrogens is 242 g/mol. The van der Waals surface area contributed by atoms with Gasteiger partial charge < -0.3 is 4.98 Å². The third kappa shape index (κ3) is 1.48. The molecule has 72 valence electrons. The summed E-state index contributed by atoms with van der Waals surface area (Å²) in [5.41, 5.74) is 1.15. The van der Waals surface area contributed by atoms with Crippen LogP contribution in [0.5, 0.6) is 0 Å². The average Bonchev–Trinajstić information content (AvgIpc) is 2.23. The minimum atomic E-state index is -0.0292. The molecule has 14 heavy (non-hydrogen) atoms. The Balaban J connectivity index is 2.87. The summed E-state index contributed by atoms with van der Waals surface area (Å²) in [6.07, 6.45) is 2.62. The van der Waals surface area contributed by atoms with Crippen LogP contribution in [-0.4, -0.2) is 4.98 Å². The van der Waals surface area contributed by atoms with Gasteiger partial charge in [-0.15, -0.1) is 0 Å². The number of aromatic amines is 1. The van der Waals surface area contributed by atoms with Crippen molar-refractivity contribution in [2.24, 2.45) is 0 Å². The molecule has 0 fully saturated rings. The van der Waals surface area contributed by atoms with Gasteiger partial charge in [-0.1, -0.05) is 19.1 Å². The lowest BCUT2D eigenvalue weighted by atomic mass is 10.1. The van der Waals surface area contributed by atoms with Crippen molar-refractivity contribution in [1.82, 2.24) is 4.98 Å². The highest BCUT2D eigenvalue weighted by atomic mass is 79.9. The first-order valence-corrected chi connectivity index (χ1v) is 5.31. The first kappa shape index (κ1) is 9.46. The first-order valence-electron chi connectivity index (χ1n) is 4.52. The second kappa shape index (κ2) is 3.58. The standard InChI is InChI=1S/C11H10BrNO/c1-2-7-3-4-8-9(5-7)11(14)13-6-10(8)12/h3-6H,2H2,1H3,(H,13,14). The number of rotatable bonds is 1. The number of halogens is 1. The van der Waals surface area contributed by atoms with Crippen molar-refractivity contribution in [3.05, 3.63) is 44.8 Å². The molecule has 0 radical (unpaired) electrons. The van der Waals surface area contributed by atoms with Crippen LogP contribution in [0.15, 0.2) is 33.7 Å². The fourth-order valence-electron chi connectivity index (χ4n) is 1.49. The highest BCUT2D eigenvalue weighted by molar-refractivity contribution is 9.10. The maximum atomic E-state index is 11.5. The minimum absolute atomic E-state index is 0.0292. The van der Waals surface area contributed by atoms with Crippen molar-refractivity contribution < 1.29 is 0 Å². The van der Waals surface area contributed by atoms with E-state index in [9.17, 15) is 4.79 Å². The molecule has 2 aromatic rings. The topological polar surface area (TPSA) is 32.9 Å². The van der Waals surface area contributed by atoms with Gasteiger partial charge in [-0.05, 0) is 34.0 Å². The van der Waals surface area contributed by atoms with Gasteiger partial charge in [0.15, 0.2) is 0 Å². The van der Waals surface area contributed by atoms with Crippen molar-refractivity contribution in [3.63, 3.8) is 0 Å². The Kier molecular flexibility index (Phi) is 2.42. The second-order valence-corrected chi connectivity index (χ2v) is 4.05. The summed E-state index contributed by atoms with van der Waals surface area (Å²) in [4.78, 5) is 14.2. The van der Waals surface area contributed by atoms with Crippen LogP contribution >= 0.6 is 15.9 Å². The van der Waals surface area contributed by atoms with Crippen molar-refractivity contribution in [2.75, 3.05) is 0 Å². The molecule has 0 aliphatic carbocycles. The molecule has 1 aromatic heterocycles. The maximum Gasteiger partial charge on any atom is 0.255 e. The SMILES string of the molecule is CCc1ccc2c(Br)c[nH]c(=O)c2c1. The molecule has 3 heteroatoms. The number of H-pyrrole nitrogens is 1. The molecule has 0 bridgehead atoms. The molecule has 0 saturated heterocycles. The Labute approximate surface area is 90.1 Å². The predicted molar refractivity (Wildman–Crippen MR) is 61.6 cm³/mol. The van der Waals surface area contributed by atoms with E-state index in [-0.39, 0.29) is 5.56 Å². The zero-order chi connectivity index (χ0) is 10.1. The first-order chi connectivity index (χ1) is 6.72. The largest absolute Gasteiger partial charge is 0.327 e. The maximum absolute atomic E-state index is 11.5. The summed E-state index contributed by atoms with van der Waals surface area (Å²) in [6, 6.07) is 5.97. The average molecular weight is 252 g/mol. The van der Waals surface area contributed by atoms with Gasteiger partial charge in [-0.25, -0.2) is 0 Å². The fraction of sp³-hybridized carbons (Fsp3) is 0.182. The summed E-state index contributed by atoms with van der Waals surface area (Å²) in [7, 11) is 0. The van der Waals surface area contributed by atoms with E-state index < -0.39 is 0 Å². The van der Waals surface area contributed by atoms with Gasteiger partial charge in [-0.3, -0.25) is 4.79 Å². The van der Waals surface area contributed by atoms with E-state index in [0.717, 1.165) is 21.7 Å². The Hall–Kier alpha value is -1.09. The number of benzene rings is 1. The van der Waals surface area contributed by atoms with E-state index in [0.29, 0.717) is 0 Å². The summed E-state index contributed by atoms with van der Waals surface area (Å²) >= 11 is 3.41. The molecule has 2 rings (SSSR count). The van der Waals surface area contributed by atoms with Crippen molar-refractivity contribution in [1.29, 1.82) is 0 Å². The molecule has 1 aromatic carbocycles. The van der Waals surface area contributed by atoms with Gasteiger partial charge in [-0.2, -0.15) is 0 Å². The second-order valence-electron chi connectivity index (χ2n) is 3.20. The number of aryl methyl sites for hydroxylation is 1. The van der Waals surface area contributed by atoms with Gasteiger partial charge >= 0.3 is 0 Å². The van der Waals surface area contributed by atoms with Gasteiger partial charge in [0, 0.05) is 21.4 Å². The number of aromatic nitrogens is 1. The van der Waals surface area contributed by atoms with Crippen LogP contribution in [0.25, 0.3) is 10.8 Å². The fourth-order valence-corrected chi connectivity index (χ4v) is 1.95. The Bertz CT molecular complexity index is 530. The van der Waals surface area contributed by atoms with E-state index in [4.69, 9.17) is 0 Å². The van der Waals surface area contributed by atoms with Gasteiger partial charge in [0.2, 0.25) is 0 Å². The Morgan fingerprint density at radius 3 is 2.86 bits per heavy atom. The van der Waals surface area contributed by atoms with Gasteiger partial charge in [0.05, 0.1) is 0 Å². The normalized spacial score (nSPS) is 10.7. The molecule has 0 aliphatic rings. The minimum Gasteiger partial charge on any atom is -0.327 e. The lowest BCUT2D eigenvalue weighted by Gasteiger charge is -2.01. The van der Waals surface area contributed by atoms with Gasteiger partial charge in [0.25, 0.3) is 5.56 Å². The van der Waals surface area contributed by atoms with E-state index in [1.807, 2.05) is 18.2 Å². The molecule has 0 aliphatic heterocycles. The molecule has 0 atom stereocenters. The lowest BCUT2D eigenvalue weighted by molar-refractivity contribution is 1.14. The highest BCUT2D eigenvalue weighted by Gasteiger charge is 2.02. The van der Waals surface area contributed by atoms with E-state index in [1.54, 1.807) is 6.20 Å². The molecule has 2 nitrogen and oxygen atoms in total. The van der Waals surface area contributed by atoms with Crippen LogP contribution in [-0.2, 0) is 6.42 Å². The Morgan fingerprint density at radius 2 is 2.14 bits per heavy atom. The third-order valence-corrected chi connectivity index (χ3v) is 2.98. The van der Waals surface area contributed by atoms with E-state index in [2.05, 4.69) is 27.8 Å². The van der Waals surface area contributed by atoms with Crippen LogP contribution in [0.2, 0.25) is 0 Å². The summed E-state index contributed by atoms with van der Waals surface area (Å²) in [6.45, 7) is 2.08. The molecular formula is C11H10BrNO. The van der Waals surface area contributed by atoms with E-state index >= 15 is 0 Å². The molecule has 0 spiro atoms.